The molecule has 0 bridgehead atoms. The molecule has 0 amide bonds. The third-order valence-corrected chi connectivity index (χ3v) is 4.03. The molecule has 96 valence electrons. The Morgan fingerprint density at radius 3 is 2.25 bits per heavy atom. The first-order chi connectivity index (χ1) is 7.33. The fourth-order valence-electron chi connectivity index (χ4n) is 2.71. The van der Waals surface area contributed by atoms with Crippen LogP contribution in [0.2, 0.25) is 0 Å². The second-order valence-corrected chi connectivity index (χ2v) is 5.24. The first-order valence-corrected chi connectivity index (χ1v) is 6.07. The molecule has 0 aromatic heterocycles. The van der Waals surface area contributed by atoms with Crippen LogP contribution in [0.1, 0.15) is 39.5 Å². The van der Waals surface area contributed by atoms with Crippen molar-refractivity contribution in [3.05, 3.63) is 0 Å². The summed E-state index contributed by atoms with van der Waals surface area (Å²) in [6.45, 7) is 4.34. The zero-order valence-corrected chi connectivity index (χ0v) is 10.3. The lowest BCUT2D eigenvalue weighted by molar-refractivity contribution is -0.144. The van der Waals surface area contributed by atoms with Gasteiger partial charge in [-0.25, -0.2) is 0 Å². The van der Waals surface area contributed by atoms with Gasteiger partial charge >= 0.3 is 6.18 Å². The van der Waals surface area contributed by atoms with E-state index >= 15 is 0 Å². The lowest BCUT2D eigenvalue weighted by atomic mass is 9.72. The zero-order valence-electron chi connectivity index (χ0n) is 10.3. The van der Waals surface area contributed by atoms with Crippen LogP contribution < -0.4 is 5.32 Å². The normalized spacial score (nSPS) is 33.8. The monoisotopic (exact) mass is 237 g/mol. The van der Waals surface area contributed by atoms with Gasteiger partial charge in [-0.1, -0.05) is 20.3 Å². The van der Waals surface area contributed by atoms with Gasteiger partial charge in [-0.05, 0) is 37.6 Å². The first-order valence-electron chi connectivity index (χ1n) is 6.07. The Morgan fingerprint density at radius 2 is 1.81 bits per heavy atom. The molecule has 16 heavy (non-hydrogen) atoms. The van der Waals surface area contributed by atoms with Gasteiger partial charge < -0.3 is 5.32 Å². The van der Waals surface area contributed by atoms with Crippen LogP contribution in [-0.2, 0) is 0 Å². The van der Waals surface area contributed by atoms with E-state index in [1.807, 2.05) is 0 Å². The van der Waals surface area contributed by atoms with Crippen molar-refractivity contribution in [2.24, 2.45) is 17.8 Å². The van der Waals surface area contributed by atoms with Crippen molar-refractivity contribution in [2.75, 3.05) is 7.05 Å². The van der Waals surface area contributed by atoms with Crippen molar-refractivity contribution in [1.29, 1.82) is 0 Å². The molecule has 1 saturated carbocycles. The molecule has 0 saturated heterocycles. The number of rotatable bonds is 3. The van der Waals surface area contributed by atoms with E-state index in [1.54, 1.807) is 7.05 Å². The minimum atomic E-state index is -4.06. The van der Waals surface area contributed by atoms with Gasteiger partial charge in [0.15, 0.2) is 0 Å². The summed E-state index contributed by atoms with van der Waals surface area (Å²) in [6.07, 6.45) is -1.85. The highest BCUT2D eigenvalue weighted by atomic mass is 19.4. The predicted octanol–water partition coefficient (Wildman–Crippen LogP) is 3.60. The highest BCUT2D eigenvalue weighted by Crippen LogP contribution is 2.37. The maximum absolute atomic E-state index is 12.4. The SMILES string of the molecule is CNC(CC(F)(F)F)C1CCC(C)C(C)C1. The van der Waals surface area contributed by atoms with Crippen molar-refractivity contribution in [1.82, 2.24) is 5.32 Å². The van der Waals surface area contributed by atoms with Crippen LogP contribution in [0.4, 0.5) is 13.2 Å². The highest BCUT2D eigenvalue weighted by molar-refractivity contribution is 4.84. The molecule has 4 unspecified atom stereocenters. The van der Waals surface area contributed by atoms with E-state index in [0.717, 1.165) is 19.3 Å². The van der Waals surface area contributed by atoms with E-state index in [2.05, 4.69) is 19.2 Å². The molecule has 0 aliphatic heterocycles. The average Bonchev–Trinajstić information content (AvgIpc) is 2.17. The van der Waals surface area contributed by atoms with E-state index in [1.165, 1.54) is 0 Å². The smallest absolute Gasteiger partial charge is 0.316 e. The van der Waals surface area contributed by atoms with Crippen LogP contribution in [0.3, 0.4) is 0 Å². The molecule has 1 fully saturated rings. The third-order valence-electron chi connectivity index (χ3n) is 4.03. The Morgan fingerprint density at radius 1 is 1.19 bits per heavy atom. The van der Waals surface area contributed by atoms with Gasteiger partial charge in [-0.15, -0.1) is 0 Å². The highest BCUT2D eigenvalue weighted by Gasteiger charge is 2.37. The van der Waals surface area contributed by atoms with E-state index in [9.17, 15) is 13.2 Å². The van der Waals surface area contributed by atoms with Crippen LogP contribution in [0.15, 0.2) is 0 Å². The summed E-state index contributed by atoms with van der Waals surface area (Å²) in [5, 5.41) is 2.84. The number of alkyl halides is 3. The van der Waals surface area contributed by atoms with Crippen LogP contribution in [0.25, 0.3) is 0 Å². The summed E-state index contributed by atoms with van der Waals surface area (Å²) < 4.78 is 37.1. The molecule has 1 aliphatic rings. The maximum atomic E-state index is 12.4. The minimum Gasteiger partial charge on any atom is -0.316 e. The summed E-state index contributed by atoms with van der Waals surface area (Å²) in [6, 6.07) is -0.407. The molecule has 1 N–H and O–H groups in total. The van der Waals surface area contributed by atoms with Gasteiger partial charge in [0.25, 0.3) is 0 Å². The summed E-state index contributed by atoms with van der Waals surface area (Å²) >= 11 is 0. The molecule has 1 aliphatic carbocycles. The molecule has 4 atom stereocenters. The van der Waals surface area contributed by atoms with Gasteiger partial charge in [0.1, 0.15) is 0 Å². The summed E-state index contributed by atoms with van der Waals surface area (Å²) in [5.74, 6) is 1.38. The molecule has 0 aromatic rings. The molecule has 0 heterocycles. The lowest BCUT2D eigenvalue weighted by Crippen LogP contribution is -2.40. The van der Waals surface area contributed by atoms with Crippen molar-refractivity contribution >= 4 is 0 Å². The number of hydrogen-bond acceptors (Lipinski definition) is 1. The Bertz CT molecular complexity index is 215. The topological polar surface area (TPSA) is 12.0 Å². The van der Waals surface area contributed by atoms with Gasteiger partial charge in [0.2, 0.25) is 0 Å². The molecule has 0 radical (unpaired) electrons. The van der Waals surface area contributed by atoms with Crippen molar-refractivity contribution in [3.63, 3.8) is 0 Å². The van der Waals surface area contributed by atoms with Crippen LogP contribution in [0, 0.1) is 17.8 Å². The summed E-state index contributed by atoms with van der Waals surface area (Å²) in [7, 11) is 1.64. The van der Waals surface area contributed by atoms with Gasteiger partial charge in [0, 0.05) is 6.04 Å². The molecule has 0 aromatic carbocycles. The Labute approximate surface area is 95.8 Å². The number of hydrogen-bond donors (Lipinski definition) is 1. The minimum absolute atomic E-state index is 0.179. The van der Waals surface area contributed by atoms with Crippen LogP contribution in [0.5, 0.6) is 0 Å². The van der Waals surface area contributed by atoms with Crippen molar-refractivity contribution < 1.29 is 13.2 Å². The predicted molar refractivity (Wildman–Crippen MR) is 59.2 cm³/mol. The molecule has 1 rings (SSSR count). The van der Waals surface area contributed by atoms with E-state index in [0.29, 0.717) is 11.8 Å². The first kappa shape index (κ1) is 13.8. The summed E-state index contributed by atoms with van der Waals surface area (Å²) in [5.41, 5.74) is 0. The van der Waals surface area contributed by atoms with Crippen LogP contribution in [-0.4, -0.2) is 19.3 Å². The van der Waals surface area contributed by atoms with Crippen LogP contribution >= 0.6 is 0 Å². The summed E-state index contributed by atoms with van der Waals surface area (Å²) in [4.78, 5) is 0. The second kappa shape index (κ2) is 5.39. The maximum Gasteiger partial charge on any atom is 0.390 e. The standard InChI is InChI=1S/C12H22F3N/c1-8-4-5-10(6-9(8)2)11(16-3)7-12(13,14)15/h8-11,16H,4-7H2,1-3H3. The van der Waals surface area contributed by atoms with E-state index < -0.39 is 18.6 Å². The molecule has 0 spiro atoms. The lowest BCUT2D eigenvalue weighted by Gasteiger charge is -2.37. The zero-order chi connectivity index (χ0) is 12.3. The fourth-order valence-corrected chi connectivity index (χ4v) is 2.71. The third kappa shape index (κ3) is 3.96. The molecular weight excluding hydrogens is 215 g/mol. The number of nitrogens with one attached hydrogen (secondary N) is 1. The van der Waals surface area contributed by atoms with Gasteiger partial charge in [-0.2, -0.15) is 13.2 Å². The van der Waals surface area contributed by atoms with Crippen molar-refractivity contribution in [3.8, 4) is 0 Å². The average molecular weight is 237 g/mol. The molecule has 1 nitrogen and oxygen atoms in total. The van der Waals surface area contributed by atoms with Crippen molar-refractivity contribution in [2.45, 2.75) is 51.7 Å². The Balaban J connectivity index is 2.54. The second-order valence-electron chi connectivity index (χ2n) is 5.24. The van der Waals surface area contributed by atoms with E-state index in [-0.39, 0.29) is 5.92 Å². The fraction of sp³-hybridized carbons (Fsp3) is 1.00. The molecule has 4 heteroatoms. The number of halogens is 3. The van der Waals surface area contributed by atoms with Gasteiger partial charge in [-0.3, -0.25) is 0 Å². The van der Waals surface area contributed by atoms with E-state index in [4.69, 9.17) is 0 Å². The Hall–Kier alpha value is -0.250. The molecular formula is C12H22F3N. The quantitative estimate of drug-likeness (QED) is 0.790. The Kier molecular flexibility index (Phi) is 4.65. The largest absolute Gasteiger partial charge is 0.390 e. The van der Waals surface area contributed by atoms with Gasteiger partial charge in [0.05, 0.1) is 6.42 Å².